The fraction of sp³-hybridized carbons (Fsp3) is 0.375. The first kappa shape index (κ1) is 13.1. The monoisotopic (exact) mass is 272 g/mol. The molecule has 106 valence electrons. The van der Waals surface area contributed by atoms with Crippen molar-refractivity contribution in [1.29, 1.82) is 0 Å². The van der Waals surface area contributed by atoms with Gasteiger partial charge in [-0.1, -0.05) is 12.1 Å². The Morgan fingerprint density at radius 1 is 1.30 bits per heavy atom. The van der Waals surface area contributed by atoms with Gasteiger partial charge in [-0.05, 0) is 31.2 Å². The SMILES string of the molecule is CC(Cc1ccco1)NCC1CNc2ccccc2O1. The number of ether oxygens (including phenoxy) is 1. The lowest BCUT2D eigenvalue weighted by molar-refractivity contribution is 0.197. The summed E-state index contributed by atoms with van der Waals surface area (Å²) in [6.45, 7) is 3.81. The number of hydrogen-bond donors (Lipinski definition) is 2. The first-order valence-electron chi connectivity index (χ1n) is 7.06. The predicted octanol–water partition coefficient (Wildman–Crippen LogP) is 2.67. The lowest BCUT2D eigenvalue weighted by Crippen LogP contribution is -2.42. The van der Waals surface area contributed by atoms with Crippen LogP contribution in [0.5, 0.6) is 5.75 Å². The molecule has 0 spiro atoms. The number of para-hydroxylation sites is 2. The number of hydrogen-bond acceptors (Lipinski definition) is 4. The molecule has 4 heteroatoms. The van der Waals surface area contributed by atoms with Gasteiger partial charge in [-0.15, -0.1) is 0 Å². The van der Waals surface area contributed by atoms with Crippen molar-refractivity contribution in [1.82, 2.24) is 5.32 Å². The number of furan rings is 1. The van der Waals surface area contributed by atoms with E-state index in [-0.39, 0.29) is 6.10 Å². The third-order valence-corrected chi connectivity index (χ3v) is 3.48. The van der Waals surface area contributed by atoms with Gasteiger partial charge in [0.15, 0.2) is 0 Å². The minimum Gasteiger partial charge on any atom is -0.485 e. The molecule has 2 aromatic rings. The van der Waals surface area contributed by atoms with Crippen LogP contribution >= 0.6 is 0 Å². The minimum absolute atomic E-state index is 0.156. The second kappa shape index (κ2) is 6.01. The van der Waals surface area contributed by atoms with Gasteiger partial charge in [-0.2, -0.15) is 0 Å². The zero-order valence-electron chi connectivity index (χ0n) is 11.6. The van der Waals surface area contributed by atoms with E-state index in [1.807, 2.05) is 36.4 Å². The van der Waals surface area contributed by atoms with E-state index in [1.165, 1.54) is 0 Å². The molecule has 0 bridgehead atoms. The first-order chi connectivity index (χ1) is 9.81. The standard InChI is InChI=1S/C16H20N2O2/c1-12(9-13-5-4-8-19-13)17-10-14-11-18-15-6-2-3-7-16(15)20-14/h2-8,12,14,17-18H,9-11H2,1H3. The number of fused-ring (bicyclic) bond motifs is 1. The third-order valence-electron chi connectivity index (χ3n) is 3.48. The summed E-state index contributed by atoms with van der Waals surface area (Å²) in [4.78, 5) is 0. The van der Waals surface area contributed by atoms with E-state index in [2.05, 4.69) is 17.6 Å². The maximum atomic E-state index is 5.97. The molecule has 2 unspecified atom stereocenters. The maximum absolute atomic E-state index is 5.97. The third kappa shape index (κ3) is 3.14. The summed E-state index contributed by atoms with van der Waals surface area (Å²) >= 11 is 0. The fourth-order valence-electron chi connectivity index (χ4n) is 2.41. The Balaban J connectivity index is 1.48. The molecule has 2 N–H and O–H groups in total. The van der Waals surface area contributed by atoms with Gasteiger partial charge in [0.05, 0.1) is 18.5 Å². The van der Waals surface area contributed by atoms with Crippen LogP contribution in [0.4, 0.5) is 5.69 Å². The molecular weight excluding hydrogens is 252 g/mol. The number of benzene rings is 1. The fourth-order valence-corrected chi connectivity index (χ4v) is 2.41. The Morgan fingerprint density at radius 3 is 3.05 bits per heavy atom. The molecule has 0 saturated carbocycles. The summed E-state index contributed by atoms with van der Waals surface area (Å²) in [7, 11) is 0. The van der Waals surface area contributed by atoms with Gasteiger partial charge in [0, 0.05) is 19.0 Å². The Hall–Kier alpha value is -1.94. The van der Waals surface area contributed by atoms with Crippen LogP contribution in [0.2, 0.25) is 0 Å². The molecule has 2 heterocycles. The smallest absolute Gasteiger partial charge is 0.142 e. The molecule has 3 rings (SSSR count). The highest BCUT2D eigenvalue weighted by Gasteiger charge is 2.19. The van der Waals surface area contributed by atoms with Gasteiger partial charge >= 0.3 is 0 Å². The Labute approximate surface area is 119 Å². The molecule has 1 aromatic heterocycles. The van der Waals surface area contributed by atoms with Crippen molar-refractivity contribution in [2.75, 3.05) is 18.4 Å². The van der Waals surface area contributed by atoms with Crippen molar-refractivity contribution in [2.45, 2.75) is 25.5 Å². The topological polar surface area (TPSA) is 46.4 Å². The van der Waals surface area contributed by atoms with Gasteiger partial charge in [-0.3, -0.25) is 0 Å². The summed E-state index contributed by atoms with van der Waals surface area (Å²) in [5.74, 6) is 1.95. The Kier molecular flexibility index (Phi) is 3.92. The van der Waals surface area contributed by atoms with Crippen LogP contribution in [-0.2, 0) is 6.42 Å². The van der Waals surface area contributed by atoms with E-state index in [0.717, 1.165) is 36.7 Å². The average molecular weight is 272 g/mol. The second-order valence-corrected chi connectivity index (χ2v) is 5.21. The van der Waals surface area contributed by atoms with Crippen LogP contribution < -0.4 is 15.4 Å². The van der Waals surface area contributed by atoms with Crippen molar-refractivity contribution in [3.63, 3.8) is 0 Å². The largest absolute Gasteiger partial charge is 0.485 e. The molecule has 1 aliphatic heterocycles. The van der Waals surface area contributed by atoms with Gasteiger partial charge < -0.3 is 19.8 Å². The molecule has 0 amide bonds. The lowest BCUT2D eigenvalue weighted by Gasteiger charge is -2.28. The summed E-state index contributed by atoms with van der Waals surface area (Å²) in [5, 5.41) is 6.89. The van der Waals surface area contributed by atoms with E-state index in [1.54, 1.807) is 6.26 Å². The predicted molar refractivity (Wildman–Crippen MR) is 79.2 cm³/mol. The first-order valence-corrected chi connectivity index (χ1v) is 7.06. The van der Waals surface area contributed by atoms with Gasteiger partial charge in [0.2, 0.25) is 0 Å². The normalized spacial score (nSPS) is 18.8. The Morgan fingerprint density at radius 2 is 2.20 bits per heavy atom. The molecule has 0 radical (unpaired) electrons. The van der Waals surface area contributed by atoms with E-state index in [4.69, 9.17) is 9.15 Å². The summed E-state index contributed by atoms with van der Waals surface area (Å²) in [6, 6.07) is 12.3. The maximum Gasteiger partial charge on any atom is 0.142 e. The van der Waals surface area contributed by atoms with E-state index >= 15 is 0 Å². The molecule has 1 aliphatic rings. The van der Waals surface area contributed by atoms with Crippen LogP contribution in [0.15, 0.2) is 47.1 Å². The zero-order chi connectivity index (χ0) is 13.8. The van der Waals surface area contributed by atoms with Crippen molar-refractivity contribution < 1.29 is 9.15 Å². The highest BCUT2D eigenvalue weighted by atomic mass is 16.5. The van der Waals surface area contributed by atoms with Crippen molar-refractivity contribution >= 4 is 5.69 Å². The van der Waals surface area contributed by atoms with Crippen molar-refractivity contribution in [2.24, 2.45) is 0 Å². The van der Waals surface area contributed by atoms with Gasteiger partial charge in [0.1, 0.15) is 17.6 Å². The van der Waals surface area contributed by atoms with Gasteiger partial charge in [-0.25, -0.2) is 0 Å². The molecule has 4 nitrogen and oxygen atoms in total. The van der Waals surface area contributed by atoms with Crippen molar-refractivity contribution in [3.05, 3.63) is 48.4 Å². The zero-order valence-corrected chi connectivity index (χ0v) is 11.6. The van der Waals surface area contributed by atoms with E-state index in [9.17, 15) is 0 Å². The summed E-state index contributed by atoms with van der Waals surface area (Å²) in [6.07, 6.45) is 2.76. The molecule has 1 aromatic carbocycles. The molecule has 0 aliphatic carbocycles. The quantitative estimate of drug-likeness (QED) is 0.878. The van der Waals surface area contributed by atoms with Crippen LogP contribution in [0, 0.1) is 0 Å². The van der Waals surface area contributed by atoms with Crippen LogP contribution in [0.25, 0.3) is 0 Å². The molecular formula is C16H20N2O2. The van der Waals surface area contributed by atoms with Crippen LogP contribution in [0.3, 0.4) is 0 Å². The number of anilines is 1. The van der Waals surface area contributed by atoms with Crippen molar-refractivity contribution in [3.8, 4) is 5.75 Å². The van der Waals surface area contributed by atoms with Crippen LogP contribution in [-0.4, -0.2) is 25.2 Å². The average Bonchev–Trinajstić information content (AvgIpc) is 2.98. The molecule has 2 atom stereocenters. The highest BCUT2D eigenvalue weighted by molar-refractivity contribution is 5.57. The summed E-state index contributed by atoms with van der Waals surface area (Å²) in [5.41, 5.74) is 1.08. The second-order valence-electron chi connectivity index (χ2n) is 5.21. The molecule has 0 saturated heterocycles. The number of nitrogens with one attached hydrogen (secondary N) is 2. The van der Waals surface area contributed by atoms with Gasteiger partial charge in [0.25, 0.3) is 0 Å². The molecule has 0 fully saturated rings. The van der Waals surface area contributed by atoms with E-state index < -0.39 is 0 Å². The van der Waals surface area contributed by atoms with Crippen LogP contribution in [0.1, 0.15) is 12.7 Å². The highest BCUT2D eigenvalue weighted by Crippen LogP contribution is 2.27. The molecule has 20 heavy (non-hydrogen) atoms. The van der Waals surface area contributed by atoms with E-state index in [0.29, 0.717) is 6.04 Å². The lowest BCUT2D eigenvalue weighted by atomic mass is 10.1. The minimum atomic E-state index is 0.156. The summed E-state index contributed by atoms with van der Waals surface area (Å²) < 4.78 is 11.3. The number of rotatable bonds is 5. The Bertz CT molecular complexity index is 539.